The Balaban J connectivity index is 2.27. The van der Waals surface area contributed by atoms with Gasteiger partial charge >= 0.3 is 0 Å². The zero-order valence-electron chi connectivity index (χ0n) is 8.05. The Morgan fingerprint density at radius 3 is 2.47 bits per heavy atom. The summed E-state index contributed by atoms with van der Waals surface area (Å²) in [5.41, 5.74) is 7.78. The highest BCUT2D eigenvalue weighted by atomic mass is 32.1. The maximum Gasteiger partial charge on any atom is 0.0991 e. The Labute approximate surface area is 92.6 Å². The van der Waals surface area contributed by atoms with E-state index in [4.69, 9.17) is 11.0 Å². The molecule has 15 heavy (non-hydrogen) atoms. The van der Waals surface area contributed by atoms with Crippen LogP contribution in [0.5, 0.6) is 0 Å². The number of thiophene rings is 1. The van der Waals surface area contributed by atoms with Gasteiger partial charge in [0.2, 0.25) is 0 Å². The van der Waals surface area contributed by atoms with E-state index in [1.807, 2.05) is 29.6 Å². The Morgan fingerprint density at radius 2 is 1.93 bits per heavy atom. The summed E-state index contributed by atoms with van der Waals surface area (Å²) in [7, 11) is 0. The quantitative estimate of drug-likeness (QED) is 0.835. The van der Waals surface area contributed by atoms with Crippen molar-refractivity contribution in [2.45, 2.75) is 6.04 Å². The van der Waals surface area contributed by atoms with E-state index < -0.39 is 0 Å². The monoisotopic (exact) mass is 214 g/mol. The van der Waals surface area contributed by atoms with Crippen molar-refractivity contribution in [2.75, 3.05) is 0 Å². The van der Waals surface area contributed by atoms with E-state index in [0.29, 0.717) is 5.56 Å². The van der Waals surface area contributed by atoms with Gasteiger partial charge in [0, 0.05) is 4.88 Å². The lowest BCUT2D eigenvalue weighted by Gasteiger charge is -2.09. The predicted octanol–water partition coefficient (Wildman–Crippen LogP) is 2.67. The van der Waals surface area contributed by atoms with Crippen molar-refractivity contribution in [3.63, 3.8) is 0 Å². The van der Waals surface area contributed by atoms with Crippen molar-refractivity contribution in [3.05, 3.63) is 57.8 Å². The van der Waals surface area contributed by atoms with Crippen LogP contribution in [0, 0.1) is 11.3 Å². The van der Waals surface area contributed by atoms with Crippen LogP contribution in [0.4, 0.5) is 0 Å². The molecule has 0 spiro atoms. The van der Waals surface area contributed by atoms with Gasteiger partial charge in [0.05, 0.1) is 17.7 Å². The van der Waals surface area contributed by atoms with Crippen molar-refractivity contribution in [1.29, 1.82) is 5.26 Å². The molecular weight excluding hydrogens is 204 g/mol. The van der Waals surface area contributed by atoms with Gasteiger partial charge in [-0.15, -0.1) is 11.3 Å². The second-order valence-electron chi connectivity index (χ2n) is 3.23. The summed E-state index contributed by atoms with van der Waals surface area (Å²) >= 11 is 1.65. The Hall–Kier alpha value is -1.63. The molecule has 0 bridgehead atoms. The standard InChI is InChI=1S/C12H10N2S/c13-8-9-3-5-10(6-4-9)12(14)11-2-1-7-15-11/h1-7,12H,14H2/t12-/m0/s1. The van der Waals surface area contributed by atoms with Gasteiger partial charge in [-0.25, -0.2) is 0 Å². The number of benzene rings is 1. The molecule has 0 aliphatic heterocycles. The molecule has 0 unspecified atom stereocenters. The van der Waals surface area contributed by atoms with Crippen LogP contribution in [0.2, 0.25) is 0 Å². The Bertz CT molecular complexity index is 465. The van der Waals surface area contributed by atoms with Crippen LogP contribution < -0.4 is 5.73 Å². The summed E-state index contributed by atoms with van der Waals surface area (Å²) in [5, 5.41) is 10.7. The van der Waals surface area contributed by atoms with E-state index in [0.717, 1.165) is 10.4 Å². The van der Waals surface area contributed by atoms with Gasteiger partial charge < -0.3 is 5.73 Å². The highest BCUT2D eigenvalue weighted by molar-refractivity contribution is 7.10. The number of hydrogen-bond acceptors (Lipinski definition) is 3. The van der Waals surface area contributed by atoms with Crippen LogP contribution in [0.15, 0.2) is 41.8 Å². The lowest BCUT2D eigenvalue weighted by Crippen LogP contribution is -2.09. The maximum atomic E-state index is 8.67. The summed E-state index contributed by atoms with van der Waals surface area (Å²) in [5.74, 6) is 0. The Morgan fingerprint density at radius 1 is 1.20 bits per heavy atom. The molecule has 0 aliphatic carbocycles. The summed E-state index contributed by atoms with van der Waals surface area (Å²) < 4.78 is 0. The third-order valence-electron chi connectivity index (χ3n) is 2.25. The molecule has 3 heteroatoms. The topological polar surface area (TPSA) is 49.8 Å². The molecule has 2 N–H and O–H groups in total. The van der Waals surface area contributed by atoms with Crippen molar-refractivity contribution in [2.24, 2.45) is 5.73 Å². The molecule has 0 fully saturated rings. The first-order chi connectivity index (χ1) is 7.31. The van der Waals surface area contributed by atoms with E-state index in [9.17, 15) is 0 Å². The first kappa shape index (κ1) is 9.91. The minimum Gasteiger partial charge on any atom is -0.320 e. The fourth-order valence-corrected chi connectivity index (χ4v) is 2.15. The molecule has 2 aromatic rings. The number of nitrogens with zero attached hydrogens (tertiary/aromatic N) is 1. The molecule has 0 radical (unpaired) electrons. The van der Waals surface area contributed by atoms with Gasteiger partial charge in [0.25, 0.3) is 0 Å². The second-order valence-corrected chi connectivity index (χ2v) is 4.21. The minimum atomic E-state index is -0.0854. The molecule has 0 aliphatic rings. The molecule has 1 heterocycles. The summed E-state index contributed by atoms with van der Waals surface area (Å²) in [6, 6.07) is 13.4. The Kier molecular flexibility index (Phi) is 2.82. The zero-order valence-corrected chi connectivity index (χ0v) is 8.87. The molecule has 2 nitrogen and oxygen atoms in total. The predicted molar refractivity (Wildman–Crippen MR) is 61.5 cm³/mol. The number of nitriles is 1. The molecule has 2 rings (SSSR count). The van der Waals surface area contributed by atoms with Crippen LogP contribution in [-0.4, -0.2) is 0 Å². The molecule has 1 atom stereocenters. The average molecular weight is 214 g/mol. The van der Waals surface area contributed by atoms with Crippen molar-refractivity contribution < 1.29 is 0 Å². The highest BCUT2D eigenvalue weighted by Crippen LogP contribution is 2.23. The van der Waals surface area contributed by atoms with E-state index in [-0.39, 0.29) is 6.04 Å². The van der Waals surface area contributed by atoms with E-state index in [1.165, 1.54) is 0 Å². The maximum absolute atomic E-state index is 8.67. The first-order valence-electron chi connectivity index (χ1n) is 4.60. The third-order valence-corrected chi connectivity index (χ3v) is 3.20. The summed E-state index contributed by atoms with van der Waals surface area (Å²) in [6.07, 6.45) is 0. The summed E-state index contributed by atoms with van der Waals surface area (Å²) in [4.78, 5) is 1.14. The van der Waals surface area contributed by atoms with Crippen molar-refractivity contribution >= 4 is 11.3 Å². The van der Waals surface area contributed by atoms with Gasteiger partial charge in [-0.2, -0.15) is 5.26 Å². The second kappa shape index (κ2) is 4.26. The van der Waals surface area contributed by atoms with Crippen molar-refractivity contribution in [3.8, 4) is 6.07 Å². The van der Waals surface area contributed by atoms with Gasteiger partial charge in [-0.3, -0.25) is 0 Å². The van der Waals surface area contributed by atoms with Gasteiger partial charge in [-0.1, -0.05) is 18.2 Å². The largest absolute Gasteiger partial charge is 0.320 e. The molecule has 1 aromatic carbocycles. The smallest absolute Gasteiger partial charge is 0.0991 e. The summed E-state index contributed by atoms with van der Waals surface area (Å²) in [6.45, 7) is 0. The average Bonchev–Trinajstić information content (AvgIpc) is 2.82. The van der Waals surface area contributed by atoms with Gasteiger partial charge in [0.15, 0.2) is 0 Å². The zero-order chi connectivity index (χ0) is 10.7. The molecule has 1 aromatic heterocycles. The molecule has 0 amide bonds. The van der Waals surface area contributed by atoms with Crippen molar-refractivity contribution in [1.82, 2.24) is 0 Å². The van der Waals surface area contributed by atoms with Crippen LogP contribution in [-0.2, 0) is 0 Å². The lowest BCUT2D eigenvalue weighted by molar-refractivity contribution is 0.893. The first-order valence-corrected chi connectivity index (χ1v) is 5.48. The van der Waals surface area contributed by atoms with Crippen LogP contribution in [0.3, 0.4) is 0 Å². The molecule has 0 saturated carbocycles. The van der Waals surface area contributed by atoms with Crippen LogP contribution >= 0.6 is 11.3 Å². The van der Waals surface area contributed by atoms with Crippen LogP contribution in [0.1, 0.15) is 22.0 Å². The SMILES string of the molecule is N#Cc1ccc([C@H](N)c2cccs2)cc1. The highest BCUT2D eigenvalue weighted by Gasteiger charge is 2.08. The molecule has 0 saturated heterocycles. The molecule has 74 valence electrons. The molecular formula is C12H10N2S. The normalized spacial score (nSPS) is 12.0. The minimum absolute atomic E-state index is 0.0854. The lowest BCUT2D eigenvalue weighted by atomic mass is 10.0. The third kappa shape index (κ3) is 2.07. The van der Waals surface area contributed by atoms with Gasteiger partial charge in [0.1, 0.15) is 0 Å². The van der Waals surface area contributed by atoms with E-state index >= 15 is 0 Å². The fourth-order valence-electron chi connectivity index (χ4n) is 1.40. The van der Waals surface area contributed by atoms with Crippen LogP contribution in [0.25, 0.3) is 0 Å². The number of nitrogens with two attached hydrogens (primary N) is 1. The van der Waals surface area contributed by atoms with Gasteiger partial charge in [-0.05, 0) is 29.1 Å². The fraction of sp³-hybridized carbons (Fsp3) is 0.0833. The van der Waals surface area contributed by atoms with E-state index in [2.05, 4.69) is 6.07 Å². The number of rotatable bonds is 2. The van der Waals surface area contributed by atoms with E-state index in [1.54, 1.807) is 23.5 Å². The number of hydrogen-bond donors (Lipinski definition) is 1.